The van der Waals surface area contributed by atoms with Crippen LogP contribution in [-0.4, -0.2) is 57.2 Å². The molecule has 0 spiro atoms. The molecule has 0 aliphatic carbocycles. The summed E-state index contributed by atoms with van der Waals surface area (Å²) in [6.07, 6.45) is -1.09. The average Bonchev–Trinajstić information content (AvgIpc) is 3.02. The molecule has 2 atom stereocenters. The van der Waals surface area contributed by atoms with Crippen LogP contribution < -0.4 is 9.64 Å². The fraction of sp³-hybridized carbons (Fsp3) is 0.259. The molecule has 0 radical (unpaired) electrons. The smallest absolute Gasteiger partial charge is 0.338 e. The summed E-state index contributed by atoms with van der Waals surface area (Å²) >= 11 is 1.49. The molecule has 4 rings (SSSR count). The Labute approximate surface area is 219 Å². The molecule has 0 saturated heterocycles. The van der Waals surface area contributed by atoms with Gasteiger partial charge in [0.15, 0.2) is 6.10 Å². The summed E-state index contributed by atoms with van der Waals surface area (Å²) in [6.45, 7) is 1.08. The number of ether oxygens (including phenoxy) is 2. The van der Waals surface area contributed by atoms with Crippen LogP contribution in [0.2, 0.25) is 0 Å². The number of benzene rings is 3. The number of fused-ring (bicyclic) bond motifs is 1. The van der Waals surface area contributed by atoms with Crippen LogP contribution in [0.15, 0.2) is 82.8 Å². The van der Waals surface area contributed by atoms with Gasteiger partial charge in [-0.2, -0.15) is 0 Å². The quantitative estimate of drug-likeness (QED) is 0.166. The van der Waals surface area contributed by atoms with Gasteiger partial charge in [-0.15, -0.1) is 11.8 Å². The van der Waals surface area contributed by atoms with Crippen LogP contribution in [0.4, 0.5) is 11.4 Å². The number of esters is 1. The highest BCUT2D eigenvalue weighted by Gasteiger charge is 2.41. The van der Waals surface area contributed by atoms with Crippen LogP contribution in [0.1, 0.15) is 21.2 Å². The molecule has 0 aromatic heterocycles. The van der Waals surface area contributed by atoms with Crippen molar-refractivity contribution >= 4 is 35.0 Å². The lowest BCUT2D eigenvalue weighted by Gasteiger charge is -2.28. The van der Waals surface area contributed by atoms with Crippen LogP contribution in [-0.2, 0) is 9.53 Å². The molecule has 0 fully saturated rings. The number of nitrogens with zero attached hydrogens (tertiary/aromatic N) is 5. The molecule has 0 saturated carbocycles. The first-order valence-electron chi connectivity index (χ1n) is 11.6. The number of azide groups is 1. The van der Waals surface area contributed by atoms with Gasteiger partial charge in [0.05, 0.1) is 23.6 Å². The van der Waals surface area contributed by atoms with E-state index in [4.69, 9.17) is 15.0 Å². The van der Waals surface area contributed by atoms with Crippen molar-refractivity contribution in [1.29, 1.82) is 0 Å². The molecule has 190 valence electrons. The zero-order valence-corrected chi connectivity index (χ0v) is 21.6. The maximum Gasteiger partial charge on any atom is 0.338 e. The zero-order chi connectivity index (χ0) is 26.4. The third-order valence-corrected chi connectivity index (χ3v) is 7.28. The summed E-state index contributed by atoms with van der Waals surface area (Å²) < 4.78 is 11.3. The number of carbonyl (C=O) groups is 2. The third kappa shape index (κ3) is 6.06. The van der Waals surface area contributed by atoms with E-state index in [-0.39, 0.29) is 11.5 Å². The lowest BCUT2D eigenvalue weighted by atomic mass is 10.1. The van der Waals surface area contributed by atoms with Gasteiger partial charge in [0, 0.05) is 28.6 Å². The molecule has 1 aliphatic rings. The molecule has 0 N–H and O–H groups in total. The van der Waals surface area contributed by atoms with Crippen LogP contribution in [0, 0.1) is 0 Å². The molecule has 9 nitrogen and oxygen atoms in total. The van der Waals surface area contributed by atoms with Gasteiger partial charge in [0.25, 0.3) is 5.91 Å². The molecule has 10 heteroatoms. The zero-order valence-electron chi connectivity index (χ0n) is 20.8. The topological polar surface area (TPSA) is 108 Å². The minimum absolute atomic E-state index is 0.254. The fourth-order valence-corrected chi connectivity index (χ4v) is 5.28. The maximum atomic E-state index is 14.1. The number of para-hydroxylation sites is 1. The monoisotopic (exact) mass is 517 g/mol. The highest BCUT2D eigenvalue weighted by Crippen LogP contribution is 2.47. The fourth-order valence-electron chi connectivity index (χ4n) is 3.96. The van der Waals surface area contributed by atoms with Crippen LogP contribution in [0.25, 0.3) is 10.4 Å². The minimum atomic E-state index is -1.09. The number of thioether (sulfide) groups is 1. The molecular formula is C27H27N5O4S. The lowest BCUT2D eigenvalue weighted by Crippen LogP contribution is -2.45. The van der Waals surface area contributed by atoms with Gasteiger partial charge < -0.3 is 19.3 Å². The Bertz CT molecular complexity index is 1310. The normalized spacial score (nSPS) is 17.0. The first-order valence-corrected chi connectivity index (χ1v) is 12.5. The summed E-state index contributed by atoms with van der Waals surface area (Å²) in [7, 11) is 5.48. The number of likely N-dealkylation sites (N-methyl/N-ethyl adjacent to an activating group) is 1. The van der Waals surface area contributed by atoms with Gasteiger partial charge in [-0.3, -0.25) is 4.79 Å². The predicted molar refractivity (Wildman–Crippen MR) is 143 cm³/mol. The molecular weight excluding hydrogens is 490 g/mol. The SMILES string of the molecule is COc1ccc(C2Sc3ccccc3N(CCN(C)C)C(=O)C2OC(=O)c2ccc(N=[N+]=[N-])cc2)cc1. The van der Waals surface area contributed by atoms with Crippen molar-refractivity contribution in [2.75, 3.05) is 39.2 Å². The Hall–Kier alpha value is -3.98. The first-order chi connectivity index (χ1) is 17.9. The van der Waals surface area contributed by atoms with Gasteiger partial charge in [-0.25, -0.2) is 4.79 Å². The van der Waals surface area contributed by atoms with Crippen molar-refractivity contribution in [3.8, 4) is 5.75 Å². The highest BCUT2D eigenvalue weighted by atomic mass is 32.2. The van der Waals surface area contributed by atoms with E-state index in [1.807, 2.05) is 67.5 Å². The predicted octanol–water partition coefficient (Wildman–Crippen LogP) is 5.60. The molecule has 3 aromatic carbocycles. The van der Waals surface area contributed by atoms with E-state index in [2.05, 4.69) is 10.0 Å². The Morgan fingerprint density at radius 2 is 1.78 bits per heavy atom. The van der Waals surface area contributed by atoms with Gasteiger partial charge in [0.1, 0.15) is 5.75 Å². The summed E-state index contributed by atoms with van der Waals surface area (Å²) in [4.78, 5) is 34.7. The van der Waals surface area contributed by atoms with E-state index < -0.39 is 17.3 Å². The summed E-state index contributed by atoms with van der Waals surface area (Å²) in [5.41, 5.74) is 10.9. The Balaban J connectivity index is 1.74. The van der Waals surface area contributed by atoms with Crippen LogP contribution in [0.3, 0.4) is 0 Å². The van der Waals surface area contributed by atoms with Gasteiger partial charge in [0.2, 0.25) is 0 Å². The second kappa shape index (κ2) is 11.8. The van der Waals surface area contributed by atoms with Crippen LogP contribution >= 0.6 is 11.8 Å². The number of hydrogen-bond acceptors (Lipinski definition) is 7. The third-order valence-electron chi connectivity index (χ3n) is 5.91. The Kier molecular flexibility index (Phi) is 8.35. The molecule has 3 aromatic rings. The van der Waals surface area contributed by atoms with Crippen molar-refractivity contribution in [3.05, 3.63) is 94.4 Å². The first kappa shape index (κ1) is 26.1. The molecule has 1 amide bonds. The lowest BCUT2D eigenvalue weighted by molar-refractivity contribution is -0.127. The van der Waals surface area contributed by atoms with E-state index in [0.717, 1.165) is 16.1 Å². The van der Waals surface area contributed by atoms with Gasteiger partial charge >= 0.3 is 5.97 Å². The van der Waals surface area contributed by atoms with Gasteiger partial charge in [-0.05, 0) is 61.6 Å². The number of methoxy groups -OCH3 is 1. The number of amides is 1. The minimum Gasteiger partial charge on any atom is -0.497 e. The van der Waals surface area contributed by atoms with Crippen molar-refractivity contribution in [2.45, 2.75) is 16.2 Å². The Morgan fingerprint density at radius 1 is 1.08 bits per heavy atom. The summed E-state index contributed by atoms with van der Waals surface area (Å²) in [6, 6.07) is 21.2. The maximum absolute atomic E-state index is 14.1. The Morgan fingerprint density at radius 3 is 2.43 bits per heavy atom. The number of rotatable bonds is 8. The van der Waals surface area contributed by atoms with E-state index in [1.54, 1.807) is 12.0 Å². The molecule has 0 bridgehead atoms. The summed E-state index contributed by atoms with van der Waals surface area (Å²) in [5, 5.41) is 3.04. The molecule has 2 unspecified atom stereocenters. The van der Waals surface area contributed by atoms with E-state index in [9.17, 15) is 9.59 Å². The second-order valence-corrected chi connectivity index (χ2v) is 9.82. The number of carbonyl (C=O) groups excluding carboxylic acids is 2. The number of hydrogen-bond donors (Lipinski definition) is 0. The van der Waals surface area contributed by atoms with E-state index in [1.165, 1.54) is 36.0 Å². The van der Waals surface area contributed by atoms with Crippen molar-refractivity contribution < 1.29 is 19.1 Å². The molecule has 1 heterocycles. The largest absolute Gasteiger partial charge is 0.497 e. The second-order valence-electron chi connectivity index (χ2n) is 8.63. The van der Waals surface area contributed by atoms with Crippen LogP contribution in [0.5, 0.6) is 5.75 Å². The highest BCUT2D eigenvalue weighted by molar-refractivity contribution is 7.99. The number of anilines is 1. The van der Waals surface area contributed by atoms with Crippen molar-refractivity contribution in [1.82, 2.24) is 4.90 Å². The molecule has 37 heavy (non-hydrogen) atoms. The van der Waals surface area contributed by atoms with E-state index >= 15 is 0 Å². The standard InChI is InChI=1S/C27H27N5O4S/c1-31(2)16-17-32-22-6-4-5-7-23(22)37-25(18-10-14-21(35-3)15-11-18)24(26(32)33)36-27(34)19-8-12-20(13-9-19)29-30-28/h4-15,24-25H,16-17H2,1-3H3. The molecule has 1 aliphatic heterocycles. The average molecular weight is 518 g/mol. The van der Waals surface area contributed by atoms with Crippen molar-refractivity contribution in [3.63, 3.8) is 0 Å². The van der Waals surface area contributed by atoms with Gasteiger partial charge in [-0.1, -0.05) is 41.5 Å². The van der Waals surface area contributed by atoms with E-state index in [0.29, 0.717) is 24.5 Å². The van der Waals surface area contributed by atoms with Crippen molar-refractivity contribution in [2.24, 2.45) is 5.11 Å². The summed E-state index contributed by atoms with van der Waals surface area (Å²) in [5.74, 6) is -0.238.